The number of H-pyrrole nitrogens is 1. The molecule has 0 aromatic carbocycles. The number of rotatable bonds is 3. The molecule has 21 heavy (non-hydrogen) atoms. The smallest absolute Gasteiger partial charge is 0.391 e. The van der Waals surface area contributed by atoms with Crippen molar-refractivity contribution in [3.05, 3.63) is 18.0 Å². The SMILES string of the molecule is O=C(O)c1cc(S(=O)(=O)N2CCC(C(F)(F)F)CC2)c[nH]1. The Balaban J connectivity index is 2.13. The molecule has 1 aliphatic rings. The molecule has 2 N–H and O–H groups in total. The van der Waals surface area contributed by atoms with Gasteiger partial charge in [-0.15, -0.1) is 0 Å². The number of aromatic carboxylic acids is 1. The van der Waals surface area contributed by atoms with Gasteiger partial charge >= 0.3 is 12.1 Å². The summed E-state index contributed by atoms with van der Waals surface area (Å²) in [5, 5.41) is 8.73. The first-order valence-corrected chi connectivity index (χ1v) is 7.55. The molecule has 0 unspecified atom stereocenters. The Hall–Kier alpha value is -1.55. The lowest BCUT2D eigenvalue weighted by Crippen LogP contribution is -2.41. The van der Waals surface area contributed by atoms with Crippen LogP contribution in [-0.2, 0) is 10.0 Å². The van der Waals surface area contributed by atoms with Crippen molar-refractivity contribution in [2.24, 2.45) is 5.92 Å². The number of hydrogen-bond donors (Lipinski definition) is 2. The Morgan fingerprint density at radius 1 is 1.33 bits per heavy atom. The van der Waals surface area contributed by atoms with Crippen LogP contribution in [0.3, 0.4) is 0 Å². The van der Waals surface area contributed by atoms with E-state index in [4.69, 9.17) is 5.11 Å². The average molecular weight is 326 g/mol. The van der Waals surface area contributed by atoms with Gasteiger partial charge in [0.05, 0.1) is 5.92 Å². The highest BCUT2D eigenvalue weighted by Crippen LogP contribution is 2.35. The summed E-state index contributed by atoms with van der Waals surface area (Å²) in [6, 6.07) is 0.952. The minimum atomic E-state index is -4.32. The molecule has 0 saturated carbocycles. The zero-order valence-electron chi connectivity index (χ0n) is 10.7. The first-order chi connectivity index (χ1) is 9.62. The van der Waals surface area contributed by atoms with Gasteiger partial charge in [0.1, 0.15) is 10.6 Å². The van der Waals surface area contributed by atoms with Crippen molar-refractivity contribution in [1.29, 1.82) is 0 Å². The topological polar surface area (TPSA) is 90.5 Å². The molecule has 2 heterocycles. The maximum Gasteiger partial charge on any atom is 0.391 e. The Morgan fingerprint density at radius 2 is 1.90 bits per heavy atom. The van der Waals surface area contributed by atoms with Crippen LogP contribution in [-0.4, -0.2) is 48.0 Å². The van der Waals surface area contributed by atoms with E-state index in [1.165, 1.54) is 0 Å². The van der Waals surface area contributed by atoms with Crippen LogP contribution in [0.1, 0.15) is 23.3 Å². The summed E-state index contributed by atoms with van der Waals surface area (Å²) in [5.74, 6) is -2.81. The molecule has 0 radical (unpaired) electrons. The van der Waals surface area contributed by atoms with Crippen LogP contribution in [0.15, 0.2) is 17.2 Å². The van der Waals surface area contributed by atoms with Crippen molar-refractivity contribution in [3.63, 3.8) is 0 Å². The van der Waals surface area contributed by atoms with Crippen molar-refractivity contribution in [2.45, 2.75) is 23.9 Å². The predicted molar refractivity (Wildman–Crippen MR) is 65.3 cm³/mol. The lowest BCUT2D eigenvalue weighted by Gasteiger charge is -2.31. The fourth-order valence-corrected chi connectivity index (χ4v) is 3.68. The standard InChI is InChI=1S/C11H13F3N2O4S/c12-11(13,14)7-1-3-16(4-2-7)21(19,20)8-5-9(10(17)18)15-6-8/h5-7,15H,1-4H2,(H,17,18). The van der Waals surface area contributed by atoms with Crippen LogP contribution in [0.4, 0.5) is 13.2 Å². The van der Waals surface area contributed by atoms with E-state index in [2.05, 4.69) is 4.98 Å². The molecular formula is C11H13F3N2O4S. The van der Waals surface area contributed by atoms with E-state index >= 15 is 0 Å². The van der Waals surface area contributed by atoms with Crippen LogP contribution >= 0.6 is 0 Å². The molecule has 1 saturated heterocycles. The molecule has 0 atom stereocenters. The second-order valence-corrected chi connectivity index (χ2v) is 6.71. The molecule has 0 aliphatic carbocycles. The third-order valence-corrected chi connectivity index (χ3v) is 5.32. The number of nitrogens with one attached hydrogen (secondary N) is 1. The van der Waals surface area contributed by atoms with Gasteiger partial charge in [0.15, 0.2) is 0 Å². The average Bonchev–Trinajstić information content (AvgIpc) is 2.88. The number of hydrogen-bond acceptors (Lipinski definition) is 3. The molecule has 0 bridgehead atoms. The minimum Gasteiger partial charge on any atom is -0.477 e. The number of halogens is 3. The number of sulfonamides is 1. The fourth-order valence-electron chi connectivity index (χ4n) is 2.22. The van der Waals surface area contributed by atoms with E-state index in [1.54, 1.807) is 0 Å². The first-order valence-electron chi connectivity index (χ1n) is 6.11. The van der Waals surface area contributed by atoms with Crippen molar-refractivity contribution < 1.29 is 31.5 Å². The van der Waals surface area contributed by atoms with Gasteiger partial charge in [0.2, 0.25) is 10.0 Å². The van der Waals surface area contributed by atoms with E-state index in [-0.39, 0.29) is 36.5 Å². The van der Waals surface area contributed by atoms with Crippen molar-refractivity contribution in [3.8, 4) is 0 Å². The second kappa shape index (κ2) is 5.34. The maximum absolute atomic E-state index is 12.5. The number of carboxylic acids is 1. The highest BCUT2D eigenvalue weighted by molar-refractivity contribution is 7.89. The number of alkyl halides is 3. The van der Waals surface area contributed by atoms with Crippen LogP contribution in [0.5, 0.6) is 0 Å². The van der Waals surface area contributed by atoms with E-state index in [1.807, 2.05) is 0 Å². The van der Waals surface area contributed by atoms with Gasteiger partial charge in [0.25, 0.3) is 0 Å². The van der Waals surface area contributed by atoms with E-state index in [0.29, 0.717) is 0 Å². The number of piperidine rings is 1. The lowest BCUT2D eigenvalue weighted by molar-refractivity contribution is -0.182. The van der Waals surface area contributed by atoms with Gasteiger partial charge in [0, 0.05) is 19.3 Å². The number of carboxylic acid groups (broad SMARTS) is 1. The quantitative estimate of drug-likeness (QED) is 0.884. The van der Waals surface area contributed by atoms with Crippen molar-refractivity contribution in [1.82, 2.24) is 9.29 Å². The highest BCUT2D eigenvalue weighted by Gasteiger charge is 2.43. The van der Waals surface area contributed by atoms with Gasteiger partial charge in [-0.05, 0) is 18.9 Å². The zero-order chi connectivity index (χ0) is 15.8. The highest BCUT2D eigenvalue weighted by atomic mass is 32.2. The van der Waals surface area contributed by atoms with Gasteiger partial charge in [-0.1, -0.05) is 0 Å². The Kier molecular flexibility index (Phi) is 4.02. The lowest BCUT2D eigenvalue weighted by atomic mass is 9.98. The fraction of sp³-hybridized carbons (Fsp3) is 0.545. The van der Waals surface area contributed by atoms with Gasteiger partial charge in [-0.25, -0.2) is 13.2 Å². The summed E-state index contributed by atoms with van der Waals surface area (Å²) in [4.78, 5) is 12.7. The van der Waals surface area contributed by atoms with Gasteiger partial charge in [-0.3, -0.25) is 0 Å². The summed E-state index contributed by atoms with van der Waals surface area (Å²) in [5.41, 5.74) is -0.293. The summed E-state index contributed by atoms with van der Waals surface area (Å²) in [7, 11) is -3.97. The molecule has 10 heteroatoms. The number of aromatic nitrogens is 1. The zero-order valence-corrected chi connectivity index (χ0v) is 11.5. The molecule has 118 valence electrons. The van der Waals surface area contributed by atoms with Gasteiger partial charge in [-0.2, -0.15) is 17.5 Å². The molecule has 6 nitrogen and oxygen atoms in total. The minimum absolute atomic E-state index is 0.236. The van der Waals surface area contributed by atoms with Crippen molar-refractivity contribution >= 4 is 16.0 Å². The molecule has 1 fully saturated rings. The molecule has 0 spiro atoms. The third kappa shape index (κ3) is 3.21. The van der Waals surface area contributed by atoms with Crippen molar-refractivity contribution in [2.75, 3.05) is 13.1 Å². The molecule has 2 rings (SSSR count). The van der Waals surface area contributed by atoms with E-state index in [0.717, 1.165) is 16.6 Å². The number of nitrogens with zero attached hydrogens (tertiary/aromatic N) is 1. The van der Waals surface area contributed by atoms with Crippen LogP contribution in [0.2, 0.25) is 0 Å². The summed E-state index contributed by atoms with van der Waals surface area (Å²) >= 11 is 0. The van der Waals surface area contributed by atoms with E-state index in [9.17, 15) is 26.4 Å². The summed E-state index contributed by atoms with van der Waals surface area (Å²) < 4.78 is 63.0. The van der Waals surface area contributed by atoms with Gasteiger partial charge < -0.3 is 10.1 Å². The summed E-state index contributed by atoms with van der Waals surface area (Å²) in [6.45, 7) is -0.472. The predicted octanol–water partition coefficient (Wildman–Crippen LogP) is 1.68. The maximum atomic E-state index is 12.5. The van der Waals surface area contributed by atoms with Crippen LogP contribution in [0, 0.1) is 5.92 Å². The number of aromatic amines is 1. The Morgan fingerprint density at radius 3 is 2.33 bits per heavy atom. The van der Waals surface area contributed by atoms with Crippen LogP contribution in [0.25, 0.3) is 0 Å². The molecule has 1 aromatic rings. The normalized spacial score (nSPS) is 18.8. The Bertz CT molecular complexity index is 630. The second-order valence-electron chi connectivity index (χ2n) is 4.77. The molecule has 1 aliphatic heterocycles. The molecular weight excluding hydrogens is 313 g/mol. The van der Waals surface area contributed by atoms with E-state index < -0.39 is 28.1 Å². The number of carbonyl (C=O) groups is 1. The first kappa shape index (κ1) is 15.8. The summed E-state index contributed by atoms with van der Waals surface area (Å²) in [6.07, 6.45) is -3.88. The monoisotopic (exact) mass is 326 g/mol. The third-order valence-electron chi connectivity index (χ3n) is 3.44. The molecule has 0 amide bonds. The molecule has 1 aromatic heterocycles. The largest absolute Gasteiger partial charge is 0.477 e. The van der Waals surface area contributed by atoms with Crippen LogP contribution < -0.4 is 0 Å². The Labute approximate surface area is 118 Å².